The van der Waals surface area contributed by atoms with Crippen LogP contribution in [0.1, 0.15) is 30.3 Å². The number of aryl methyl sites for hydroxylation is 2. The Hall–Kier alpha value is -2.10. The summed E-state index contributed by atoms with van der Waals surface area (Å²) in [6.45, 7) is 9.16. The van der Waals surface area contributed by atoms with Gasteiger partial charge in [-0.05, 0) is 39.3 Å². The number of anilines is 3. The molecule has 0 unspecified atom stereocenters. The molecule has 0 bridgehead atoms. The topological polar surface area (TPSA) is 41.1 Å². The highest BCUT2D eigenvalue weighted by molar-refractivity contribution is 5.66. The van der Waals surface area contributed by atoms with Crippen LogP contribution in [0.2, 0.25) is 0 Å². The summed E-state index contributed by atoms with van der Waals surface area (Å²) in [6, 6.07) is 8.47. The number of hydrogen-bond donors (Lipinski definition) is 1. The van der Waals surface area contributed by atoms with Crippen LogP contribution in [0.5, 0.6) is 0 Å². The molecule has 4 nitrogen and oxygen atoms in total. The van der Waals surface area contributed by atoms with E-state index in [0.717, 1.165) is 41.7 Å². The summed E-state index contributed by atoms with van der Waals surface area (Å²) in [5, 5.41) is 3.38. The maximum atomic E-state index is 4.61. The lowest BCUT2D eigenvalue weighted by molar-refractivity contribution is 0.938. The molecule has 0 fully saturated rings. The second-order valence-electron chi connectivity index (χ2n) is 5.39. The van der Waals surface area contributed by atoms with E-state index in [4.69, 9.17) is 0 Å². The summed E-state index contributed by atoms with van der Waals surface area (Å²) in [5.41, 5.74) is 3.47. The third-order valence-corrected chi connectivity index (χ3v) is 3.51. The van der Waals surface area contributed by atoms with Crippen LogP contribution in [0.25, 0.3) is 0 Å². The Morgan fingerprint density at radius 3 is 2.33 bits per heavy atom. The van der Waals surface area contributed by atoms with E-state index < -0.39 is 0 Å². The van der Waals surface area contributed by atoms with Crippen molar-refractivity contribution in [3.8, 4) is 0 Å². The second kappa shape index (κ2) is 6.57. The summed E-state index contributed by atoms with van der Waals surface area (Å²) in [4.78, 5) is 11.2. The third-order valence-electron chi connectivity index (χ3n) is 3.51. The standard InChI is InChI=1S/C17H24N4/c1-6-11-18-16-13(3)17(20-14(4)19-16)21(5)15-9-7-12(2)8-10-15/h7-10H,6,11H2,1-5H3,(H,18,19,20). The van der Waals surface area contributed by atoms with Gasteiger partial charge in [0.05, 0.1) is 0 Å². The maximum Gasteiger partial charge on any atom is 0.141 e. The largest absolute Gasteiger partial charge is 0.370 e. The lowest BCUT2D eigenvalue weighted by atomic mass is 10.2. The molecule has 0 spiro atoms. The Morgan fingerprint density at radius 1 is 1.05 bits per heavy atom. The fourth-order valence-electron chi connectivity index (χ4n) is 2.25. The maximum absolute atomic E-state index is 4.61. The van der Waals surface area contributed by atoms with Gasteiger partial charge in [-0.3, -0.25) is 0 Å². The molecule has 2 rings (SSSR count). The number of nitrogens with one attached hydrogen (secondary N) is 1. The minimum Gasteiger partial charge on any atom is -0.370 e. The van der Waals surface area contributed by atoms with Crippen LogP contribution in [-0.4, -0.2) is 23.6 Å². The van der Waals surface area contributed by atoms with Gasteiger partial charge in [-0.15, -0.1) is 0 Å². The van der Waals surface area contributed by atoms with Crippen molar-refractivity contribution in [1.82, 2.24) is 9.97 Å². The van der Waals surface area contributed by atoms with Gasteiger partial charge in [-0.1, -0.05) is 24.6 Å². The summed E-state index contributed by atoms with van der Waals surface area (Å²) in [6.07, 6.45) is 1.08. The Morgan fingerprint density at radius 2 is 1.71 bits per heavy atom. The molecule has 1 heterocycles. The first kappa shape index (κ1) is 15.3. The fourth-order valence-corrected chi connectivity index (χ4v) is 2.25. The van der Waals surface area contributed by atoms with Gasteiger partial charge in [-0.25, -0.2) is 9.97 Å². The minimum atomic E-state index is 0.785. The Labute approximate surface area is 127 Å². The fraction of sp³-hybridized carbons (Fsp3) is 0.412. The number of benzene rings is 1. The first-order chi connectivity index (χ1) is 10.0. The number of hydrogen-bond acceptors (Lipinski definition) is 4. The Bertz CT molecular complexity index is 605. The average Bonchev–Trinajstić information content (AvgIpc) is 2.48. The minimum absolute atomic E-state index is 0.785. The molecule has 0 saturated carbocycles. The van der Waals surface area contributed by atoms with Gasteiger partial charge in [0.2, 0.25) is 0 Å². The van der Waals surface area contributed by atoms with E-state index in [1.165, 1.54) is 5.56 Å². The molecule has 112 valence electrons. The summed E-state index contributed by atoms with van der Waals surface area (Å²) in [5.74, 6) is 2.66. The van der Waals surface area contributed by atoms with Gasteiger partial charge < -0.3 is 10.2 Å². The molecule has 0 atom stereocenters. The zero-order valence-electron chi connectivity index (χ0n) is 13.6. The number of aromatic nitrogens is 2. The van der Waals surface area contributed by atoms with Gasteiger partial charge in [-0.2, -0.15) is 0 Å². The molecular weight excluding hydrogens is 260 g/mol. The van der Waals surface area contributed by atoms with Crippen LogP contribution in [0, 0.1) is 20.8 Å². The molecular formula is C17H24N4. The van der Waals surface area contributed by atoms with Gasteiger partial charge in [0, 0.05) is 24.8 Å². The first-order valence-electron chi connectivity index (χ1n) is 7.42. The summed E-state index contributed by atoms with van der Waals surface area (Å²) in [7, 11) is 2.04. The highest BCUT2D eigenvalue weighted by Crippen LogP contribution is 2.28. The molecule has 2 aromatic rings. The Kier molecular flexibility index (Phi) is 4.78. The van der Waals surface area contributed by atoms with Crippen LogP contribution in [-0.2, 0) is 0 Å². The van der Waals surface area contributed by atoms with Crippen molar-refractivity contribution in [2.24, 2.45) is 0 Å². The smallest absolute Gasteiger partial charge is 0.141 e. The van der Waals surface area contributed by atoms with Crippen LogP contribution < -0.4 is 10.2 Å². The highest BCUT2D eigenvalue weighted by atomic mass is 15.2. The Balaban J connectivity index is 2.38. The molecule has 0 aliphatic heterocycles. The molecule has 1 N–H and O–H groups in total. The van der Waals surface area contributed by atoms with Crippen molar-refractivity contribution < 1.29 is 0 Å². The zero-order chi connectivity index (χ0) is 15.4. The molecule has 0 aliphatic rings. The van der Waals surface area contributed by atoms with Crippen molar-refractivity contribution in [2.45, 2.75) is 34.1 Å². The van der Waals surface area contributed by atoms with Crippen LogP contribution >= 0.6 is 0 Å². The van der Waals surface area contributed by atoms with Crippen molar-refractivity contribution in [1.29, 1.82) is 0 Å². The average molecular weight is 284 g/mol. The lowest BCUT2D eigenvalue weighted by Gasteiger charge is -2.22. The quantitative estimate of drug-likeness (QED) is 0.901. The number of rotatable bonds is 5. The molecule has 0 amide bonds. The third kappa shape index (κ3) is 3.51. The van der Waals surface area contributed by atoms with Crippen molar-refractivity contribution >= 4 is 17.3 Å². The van der Waals surface area contributed by atoms with Gasteiger partial charge in [0.15, 0.2) is 0 Å². The predicted octanol–water partition coefficient (Wildman–Crippen LogP) is 3.99. The van der Waals surface area contributed by atoms with E-state index in [1.54, 1.807) is 0 Å². The van der Waals surface area contributed by atoms with E-state index in [1.807, 2.05) is 14.0 Å². The predicted molar refractivity (Wildman–Crippen MR) is 89.5 cm³/mol. The molecule has 0 aliphatic carbocycles. The zero-order valence-corrected chi connectivity index (χ0v) is 13.6. The van der Waals surface area contributed by atoms with Gasteiger partial charge in [0.1, 0.15) is 17.5 Å². The molecule has 0 radical (unpaired) electrons. The van der Waals surface area contributed by atoms with E-state index in [-0.39, 0.29) is 0 Å². The summed E-state index contributed by atoms with van der Waals surface area (Å²) >= 11 is 0. The lowest BCUT2D eigenvalue weighted by Crippen LogP contribution is -2.16. The van der Waals surface area contributed by atoms with E-state index >= 15 is 0 Å². The van der Waals surface area contributed by atoms with Crippen LogP contribution in [0.4, 0.5) is 17.3 Å². The molecule has 0 saturated heterocycles. The number of nitrogens with zero attached hydrogens (tertiary/aromatic N) is 3. The molecule has 4 heteroatoms. The molecule has 21 heavy (non-hydrogen) atoms. The summed E-state index contributed by atoms with van der Waals surface area (Å²) < 4.78 is 0. The van der Waals surface area contributed by atoms with Crippen LogP contribution in [0.15, 0.2) is 24.3 Å². The van der Waals surface area contributed by atoms with E-state index in [2.05, 4.69) is 65.2 Å². The SMILES string of the molecule is CCCNc1nc(C)nc(N(C)c2ccc(C)cc2)c1C. The van der Waals surface area contributed by atoms with E-state index in [0.29, 0.717) is 0 Å². The van der Waals surface area contributed by atoms with Gasteiger partial charge >= 0.3 is 0 Å². The highest BCUT2D eigenvalue weighted by Gasteiger charge is 2.13. The monoisotopic (exact) mass is 284 g/mol. The van der Waals surface area contributed by atoms with Crippen LogP contribution in [0.3, 0.4) is 0 Å². The normalized spacial score (nSPS) is 10.5. The van der Waals surface area contributed by atoms with Crippen molar-refractivity contribution in [3.05, 3.63) is 41.2 Å². The van der Waals surface area contributed by atoms with Crippen molar-refractivity contribution in [3.63, 3.8) is 0 Å². The van der Waals surface area contributed by atoms with Crippen molar-refractivity contribution in [2.75, 3.05) is 23.8 Å². The molecule has 1 aromatic heterocycles. The second-order valence-corrected chi connectivity index (χ2v) is 5.39. The van der Waals surface area contributed by atoms with E-state index in [9.17, 15) is 0 Å². The first-order valence-corrected chi connectivity index (χ1v) is 7.42. The molecule has 1 aromatic carbocycles. The van der Waals surface area contributed by atoms with Gasteiger partial charge in [0.25, 0.3) is 0 Å².